The van der Waals surface area contributed by atoms with Crippen molar-refractivity contribution in [1.82, 2.24) is 9.29 Å². The summed E-state index contributed by atoms with van der Waals surface area (Å²) in [5.41, 5.74) is 5.65. The van der Waals surface area contributed by atoms with Crippen LogP contribution in [0.3, 0.4) is 0 Å². The molecule has 1 aromatic rings. The van der Waals surface area contributed by atoms with Gasteiger partial charge in [0.2, 0.25) is 5.03 Å². The fraction of sp³-hybridized carbons (Fsp3) is 0.583. The molecular weight excluding hydrogens is 269 g/mol. The van der Waals surface area contributed by atoms with Gasteiger partial charge in [-0.25, -0.2) is 17.8 Å². The molecular formula is C12H18FN3O2S. The molecule has 5 nitrogen and oxygen atoms in total. The van der Waals surface area contributed by atoms with E-state index in [0.29, 0.717) is 32.5 Å². The second kappa shape index (κ2) is 5.15. The molecule has 0 saturated carbocycles. The van der Waals surface area contributed by atoms with Crippen LogP contribution in [0.5, 0.6) is 0 Å². The van der Waals surface area contributed by atoms with Crippen LogP contribution in [0.15, 0.2) is 23.4 Å². The summed E-state index contributed by atoms with van der Waals surface area (Å²) in [6.45, 7) is 3.27. The molecule has 2 rings (SSSR count). The minimum Gasteiger partial charge on any atom is -0.330 e. The zero-order valence-corrected chi connectivity index (χ0v) is 11.7. The Morgan fingerprint density at radius 3 is 2.63 bits per heavy atom. The molecule has 2 N–H and O–H groups in total. The zero-order chi connectivity index (χ0) is 14.1. The maximum absolute atomic E-state index is 13.6. The summed E-state index contributed by atoms with van der Waals surface area (Å²) in [6.07, 6.45) is 2.64. The number of rotatable bonds is 3. The van der Waals surface area contributed by atoms with Crippen LogP contribution in [0.2, 0.25) is 0 Å². The summed E-state index contributed by atoms with van der Waals surface area (Å²) in [5, 5.41) is -0.494. The van der Waals surface area contributed by atoms with Gasteiger partial charge in [-0.05, 0) is 36.9 Å². The number of nitrogens with zero attached hydrogens (tertiary/aromatic N) is 2. The number of aromatic nitrogens is 1. The maximum Gasteiger partial charge on any atom is 0.263 e. The lowest BCUT2D eigenvalue weighted by Crippen LogP contribution is -2.45. The molecule has 0 atom stereocenters. The highest BCUT2D eigenvalue weighted by molar-refractivity contribution is 7.89. The van der Waals surface area contributed by atoms with Gasteiger partial charge in [-0.1, -0.05) is 6.92 Å². The number of nitrogens with two attached hydrogens (primary N) is 1. The van der Waals surface area contributed by atoms with E-state index in [4.69, 9.17) is 5.73 Å². The first-order valence-corrected chi connectivity index (χ1v) is 7.64. The molecule has 0 radical (unpaired) electrons. The standard InChI is InChI=1S/C12H18FN3O2S/c1-12(9-14)4-7-16(8-5-12)19(17,18)11-10(13)3-2-6-15-11/h2-3,6H,4-5,7-9,14H2,1H3. The molecule has 1 fully saturated rings. The molecule has 2 heterocycles. The number of sulfonamides is 1. The second-order valence-corrected chi connectivity index (χ2v) is 7.06. The normalized spacial score (nSPS) is 20.4. The van der Waals surface area contributed by atoms with Gasteiger partial charge >= 0.3 is 0 Å². The molecule has 1 aliphatic heterocycles. The SMILES string of the molecule is CC1(CN)CCN(S(=O)(=O)c2ncccc2F)CC1. The maximum atomic E-state index is 13.6. The fourth-order valence-electron chi connectivity index (χ4n) is 2.15. The molecule has 0 spiro atoms. The van der Waals surface area contributed by atoms with Crippen molar-refractivity contribution in [3.63, 3.8) is 0 Å². The minimum absolute atomic E-state index is 0.0331. The van der Waals surface area contributed by atoms with E-state index < -0.39 is 20.9 Å². The molecule has 0 amide bonds. The Labute approximate surface area is 112 Å². The van der Waals surface area contributed by atoms with Gasteiger partial charge in [0.05, 0.1) is 0 Å². The number of piperidine rings is 1. The molecule has 106 valence electrons. The molecule has 1 saturated heterocycles. The predicted octanol–water partition coefficient (Wildman–Crippen LogP) is 0.970. The van der Waals surface area contributed by atoms with Crippen molar-refractivity contribution >= 4 is 10.0 Å². The third-order valence-corrected chi connectivity index (χ3v) is 5.57. The van der Waals surface area contributed by atoms with Crippen LogP contribution in [0.25, 0.3) is 0 Å². The number of pyridine rings is 1. The van der Waals surface area contributed by atoms with Gasteiger partial charge in [0, 0.05) is 19.3 Å². The predicted molar refractivity (Wildman–Crippen MR) is 69.3 cm³/mol. The van der Waals surface area contributed by atoms with Gasteiger partial charge in [-0.15, -0.1) is 0 Å². The van der Waals surface area contributed by atoms with Crippen molar-refractivity contribution in [3.05, 3.63) is 24.1 Å². The molecule has 0 unspecified atom stereocenters. The Morgan fingerprint density at radius 1 is 1.47 bits per heavy atom. The molecule has 1 aromatic heterocycles. The molecule has 0 aromatic carbocycles. The average Bonchev–Trinajstić information content (AvgIpc) is 2.39. The topological polar surface area (TPSA) is 76.3 Å². The van der Waals surface area contributed by atoms with Gasteiger partial charge in [0.15, 0.2) is 5.82 Å². The molecule has 7 heteroatoms. The van der Waals surface area contributed by atoms with E-state index in [1.165, 1.54) is 16.6 Å². The van der Waals surface area contributed by atoms with Crippen molar-refractivity contribution in [2.24, 2.45) is 11.1 Å². The van der Waals surface area contributed by atoms with Crippen molar-refractivity contribution in [2.45, 2.75) is 24.8 Å². The second-order valence-electron chi connectivity index (χ2n) is 5.21. The van der Waals surface area contributed by atoms with Crippen LogP contribution in [0.1, 0.15) is 19.8 Å². The monoisotopic (exact) mass is 287 g/mol. The smallest absolute Gasteiger partial charge is 0.263 e. The number of hydrogen-bond donors (Lipinski definition) is 1. The highest BCUT2D eigenvalue weighted by Crippen LogP contribution is 2.32. The van der Waals surface area contributed by atoms with E-state index in [-0.39, 0.29) is 5.41 Å². The largest absolute Gasteiger partial charge is 0.330 e. The Balaban J connectivity index is 2.22. The van der Waals surface area contributed by atoms with Crippen molar-refractivity contribution < 1.29 is 12.8 Å². The summed E-state index contributed by atoms with van der Waals surface area (Å²) in [5.74, 6) is -0.810. The van der Waals surface area contributed by atoms with E-state index in [1.54, 1.807) is 0 Å². The third kappa shape index (κ3) is 2.77. The first-order chi connectivity index (χ1) is 8.89. The van der Waals surface area contributed by atoms with Gasteiger partial charge < -0.3 is 5.73 Å². The summed E-state index contributed by atoms with van der Waals surface area (Å²) in [4.78, 5) is 3.65. The lowest BCUT2D eigenvalue weighted by molar-refractivity contribution is 0.182. The van der Waals surface area contributed by atoms with Crippen LogP contribution < -0.4 is 5.73 Å². The number of hydrogen-bond acceptors (Lipinski definition) is 4. The van der Waals surface area contributed by atoms with Crippen LogP contribution in [-0.2, 0) is 10.0 Å². The first-order valence-electron chi connectivity index (χ1n) is 6.20. The third-order valence-electron chi connectivity index (χ3n) is 3.73. The van der Waals surface area contributed by atoms with E-state index >= 15 is 0 Å². The Hall–Kier alpha value is -1.05. The van der Waals surface area contributed by atoms with Crippen molar-refractivity contribution in [3.8, 4) is 0 Å². The molecule has 0 bridgehead atoms. The van der Waals surface area contributed by atoms with Crippen molar-refractivity contribution in [2.75, 3.05) is 19.6 Å². The van der Waals surface area contributed by atoms with E-state index in [2.05, 4.69) is 4.98 Å². The van der Waals surface area contributed by atoms with E-state index in [0.717, 1.165) is 6.07 Å². The van der Waals surface area contributed by atoms with E-state index in [1.807, 2.05) is 6.92 Å². The van der Waals surface area contributed by atoms with Gasteiger partial charge in [-0.3, -0.25) is 0 Å². The summed E-state index contributed by atoms with van der Waals surface area (Å²) in [6, 6.07) is 2.48. The van der Waals surface area contributed by atoms with Gasteiger partial charge in [0.25, 0.3) is 10.0 Å². The average molecular weight is 287 g/mol. The summed E-state index contributed by atoms with van der Waals surface area (Å²) in [7, 11) is -3.84. The van der Waals surface area contributed by atoms with Crippen LogP contribution in [-0.4, -0.2) is 37.3 Å². The first kappa shape index (κ1) is 14.4. The van der Waals surface area contributed by atoms with Gasteiger partial charge in [0.1, 0.15) is 0 Å². The van der Waals surface area contributed by atoms with E-state index in [9.17, 15) is 12.8 Å². The summed E-state index contributed by atoms with van der Waals surface area (Å²) < 4.78 is 39.5. The highest BCUT2D eigenvalue weighted by Gasteiger charge is 2.36. The zero-order valence-electron chi connectivity index (χ0n) is 10.8. The Morgan fingerprint density at radius 2 is 2.11 bits per heavy atom. The van der Waals surface area contributed by atoms with Crippen LogP contribution in [0, 0.1) is 11.2 Å². The number of halogens is 1. The fourth-order valence-corrected chi connectivity index (χ4v) is 3.57. The summed E-state index contributed by atoms with van der Waals surface area (Å²) >= 11 is 0. The minimum atomic E-state index is -3.84. The lowest BCUT2D eigenvalue weighted by Gasteiger charge is -2.37. The lowest BCUT2D eigenvalue weighted by atomic mass is 9.81. The quantitative estimate of drug-likeness (QED) is 0.898. The Bertz CT molecular complexity index is 554. The highest BCUT2D eigenvalue weighted by atomic mass is 32.2. The molecule has 19 heavy (non-hydrogen) atoms. The Kier molecular flexibility index (Phi) is 3.89. The van der Waals surface area contributed by atoms with Crippen molar-refractivity contribution in [1.29, 1.82) is 0 Å². The van der Waals surface area contributed by atoms with Crippen LogP contribution >= 0.6 is 0 Å². The molecule has 0 aliphatic carbocycles. The van der Waals surface area contributed by atoms with Crippen LogP contribution in [0.4, 0.5) is 4.39 Å². The van der Waals surface area contributed by atoms with Gasteiger partial charge in [-0.2, -0.15) is 4.31 Å². The molecule has 1 aliphatic rings.